The normalized spacial score (nSPS) is 15.4. The fourth-order valence-corrected chi connectivity index (χ4v) is 1.98. The Hall–Kier alpha value is -1.35. The van der Waals surface area contributed by atoms with E-state index < -0.39 is 0 Å². The van der Waals surface area contributed by atoms with E-state index in [9.17, 15) is 0 Å². The molecule has 2 aromatic rings. The Morgan fingerprint density at radius 1 is 1.33 bits per heavy atom. The van der Waals surface area contributed by atoms with Crippen molar-refractivity contribution >= 4 is 10.9 Å². The molecule has 1 heterocycles. The van der Waals surface area contributed by atoms with Gasteiger partial charge in [-0.1, -0.05) is 18.2 Å². The summed E-state index contributed by atoms with van der Waals surface area (Å²) in [5.41, 5.74) is 6.99. The van der Waals surface area contributed by atoms with Gasteiger partial charge in [0.25, 0.3) is 0 Å². The minimum Gasteiger partial charge on any atom is -0.328 e. The van der Waals surface area contributed by atoms with Crippen molar-refractivity contribution < 1.29 is 0 Å². The molecule has 2 rings (SSSR count). The zero-order valence-corrected chi connectivity index (χ0v) is 9.22. The van der Waals surface area contributed by atoms with Gasteiger partial charge in [-0.15, -0.1) is 0 Å². The Kier molecular flexibility index (Phi) is 2.73. The third kappa shape index (κ3) is 2.02. The van der Waals surface area contributed by atoms with Gasteiger partial charge in [0.2, 0.25) is 0 Å². The van der Waals surface area contributed by atoms with Gasteiger partial charge in [0.05, 0.1) is 17.8 Å². The van der Waals surface area contributed by atoms with Gasteiger partial charge in [0.15, 0.2) is 0 Å². The second kappa shape index (κ2) is 4.03. The first kappa shape index (κ1) is 10.2. The Bertz CT molecular complexity index is 445. The van der Waals surface area contributed by atoms with Crippen LogP contribution >= 0.6 is 0 Å². The molecule has 1 aromatic heterocycles. The van der Waals surface area contributed by atoms with Crippen LogP contribution in [0, 0.1) is 0 Å². The third-order valence-electron chi connectivity index (χ3n) is 2.64. The van der Waals surface area contributed by atoms with Crippen molar-refractivity contribution in [3.05, 3.63) is 30.5 Å². The standard InChI is InChI=1S/C12H17N3/c1-9(13)7-10(2)15-12-6-4-3-5-11(12)8-14-15/h3-6,8-10H,7,13H2,1-2H3. The van der Waals surface area contributed by atoms with Crippen molar-refractivity contribution in [3.8, 4) is 0 Å². The molecule has 2 unspecified atom stereocenters. The van der Waals surface area contributed by atoms with Gasteiger partial charge in [0.1, 0.15) is 0 Å². The molecule has 2 atom stereocenters. The van der Waals surface area contributed by atoms with Crippen LogP contribution in [0.1, 0.15) is 26.3 Å². The maximum atomic E-state index is 5.80. The Morgan fingerprint density at radius 3 is 2.80 bits per heavy atom. The van der Waals surface area contributed by atoms with Crippen LogP contribution in [0.5, 0.6) is 0 Å². The fourth-order valence-electron chi connectivity index (χ4n) is 1.98. The fraction of sp³-hybridized carbons (Fsp3) is 0.417. The van der Waals surface area contributed by atoms with Gasteiger partial charge in [-0.2, -0.15) is 5.10 Å². The molecule has 80 valence electrons. The quantitative estimate of drug-likeness (QED) is 0.832. The Balaban J connectivity index is 2.35. The van der Waals surface area contributed by atoms with Crippen LogP contribution in [0.15, 0.2) is 30.5 Å². The van der Waals surface area contributed by atoms with Crippen molar-refractivity contribution in [2.45, 2.75) is 32.4 Å². The molecule has 0 aliphatic carbocycles. The van der Waals surface area contributed by atoms with Crippen LogP contribution in [0.2, 0.25) is 0 Å². The lowest BCUT2D eigenvalue weighted by Crippen LogP contribution is -2.20. The summed E-state index contributed by atoms with van der Waals surface area (Å²) in [5, 5.41) is 5.60. The van der Waals surface area contributed by atoms with Crippen LogP contribution in [0.25, 0.3) is 10.9 Å². The number of nitrogens with two attached hydrogens (primary N) is 1. The van der Waals surface area contributed by atoms with E-state index in [2.05, 4.69) is 28.8 Å². The first-order valence-electron chi connectivity index (χ1n) is 5.36. The van der Waals surface area contributed by atoms with Crippen LogP contribution in [-0.2, 0) is 0 Å². The summed E-state index contributed by atoms with van der Waals surface area (Å²) in [5.74, 6) is 0. The van der Waals surface area contributed by atoms with Gasteiger partial charge >= 0.3 is 0 Å². The largest absolute Gasteiger partial charge is 0.328 e. The highest BCUT2D eigenvalue weighted by molar-refractivity contribution is 5.78. The molecule has 0 saturated carbocycles. The molecule has 0 spiro atoms. The summed E-state index contributed by atoms with van der Waals surface area (Å²) in [7, 11) is 0. The maximum absolute atomic E-state index is 5.80. The average Bonchev–Trinajstić information content (AvgIpc) is 2.59. The van der Waals surface area contributed by atoms with E-state index in [0.29, 0.717) is 6.04 Å². The molecule has 0 bridgehead atoms. The topological polar surface area (TPSA) is 43.8 Å². The van der Waals surface area contributed by atoms with E-state index in [-0.39, 0.29) is 6.04 Å². The molecule has 0 amide bonds. The number of rotatable bonds is 3. The zero-order chi connectivity index (χ0) is 10.8. The van der Waals surface area contributed by atoms with Gasteiger partial charge in [-0.05, 0) is 26.3 Å². The van der Waals surface area contributed by atoms with Crippen molar-refractivity contribution in [1.29, 1.82) is 0 Å². The third-order valence-corrected chi connectivity index (χ3v) is 2.64. The molecule has 0 aliphatic heterocycles. The lowest BCUT2D eigenvalue weighted by atomic mass is 10.1. The van der Waals surface area contributed by atoms with Crippen LogP contribution in [0.4, 0.5) is 0 Å². The molecule has 3 nitrogen and oxygen atoms in total. The molecule has 0 fully saturated rings. The summed E-state index contributed by atoms with van der Waals surface area (Å²) in [4.78, 5) is 0. The average molecular weight is 203 g/mol. The van der Waals surface area contributed by atoms with Crippen molar-refractivity contribution in [2.75, 3.05) is 0 Å². The molecule has 1 aromatic carbocycles. The van der Waals surface area contributed by atoms with E-state index in [1.807, 2.05) is 25.3 Å². The molecule has 0 radical (unpaired) electrons. The number of fused-ring (bicyclic) bond motifs is 1. The SMILES string of the molecule is CC(N)CC(C)n1ncc2ccccc21. The van der Waals surface area contributed by atoms with Crippen LogP contribution in [0.3, 0.4) is 0 Å². The van der Waals surface area contributed by atoms with E-state index in [0.717, 1.165) is 6.42 Å². The van der Waals surface area contributed by atoms with Crippen LogP contribution < -0.4 is 5.73 Å². The van der Waals surface area contributed by atoms with E-state index in [4.69, 9.17) is 5.73 Å². The number of benzene rings is 1. The smallest absolute Gasteiger partial charge is 0.0685 e. The monoisotopic (exact) mass is 203 g/mol. The number of para-hydroxylation sites is 1. The summed E-state index contributed by atoms with van der Waals surface area (Å²) >= 11 is 0. The molecule has 2 N–H and O–H groups in total. The lowest BCUT2D eigenvalue weighted by molar-refractivity contribution is 0.440. The van der Waals surface area contributed by atoms with Gasteiger partial charge in [-0.25, -0.2) is 0 Å². The molecular formula is C12H17N3. The summed E-state index contributed by atoms with van der Waals surface area (Å²) in [6.45, 7) is 4.19. The maximum Gasteiger partial charge on any atom is 0.0685 e. The number of hydrogen-bond acceptors (Lipinski definition) is 2. The van der Waals surface area contributed by atoms with Crippen molar-refractivity contribution in [3.63, 3.8) is 0 Å². The van der Waals surface area contributed by atoms with E-state index in [1.54, 1.807) is 0 Å². The lowest BCUT2D eigenvalue weighted by Gasteiger charge is -2.15. The number of nitrogens with zero attached hydrogens (tertiary/aromatic N) is 2. The Morgan fingerprint density at radius 2 is 2.07 bits per heavy atom. The second-order valence-corrected chi connectivity index (χ2v) is 4.21. The molecular weight excluding hydrogens is 186 g/mol. The van der Waals surface area contributed by atoms with Gasteiger partial charge in [0, 0.05) is 11.4 Å². The summed E-state index contributed by atoms with van der Waals surface area (Å²) in [6.07, 6.45) is 2.86. The minimum atomic E-state index is 0.211. The Labute approximate surface area is 89.9 Å². The molecule has 15 heavy (non-hydrogen) atoms. The summed E-state index contributed by atoms with van der Waals surface area (Å²) in [6, 6.07) is 8.81. The van der Waals surface area contributed by atoms with E-state index in [1.165, 1.54) is 10.9 Å². The van der Waals surface area contributed by atoms with Crippen molar-refractivity contribution in [1.82, 2.24) is 9.78 Å². The van der Waals surface area contributed by atoms with E-state index >= 15 is 0 Å². The number of hydrogen-bond donors (Lipinski definition) is 1. The highest BCUT2D eigenvalue weighted by atomic mass is 15.3. The highest BCUT2D eigenvalue weighted by Gasteiger charge is 2.10. The van der Waals surface area contributed by atoms with Gasteiger partial charge < -0.3 is 5.73 Å². The molecule has 0 aliphatic rings. The second-order valence-electron chi connectivity index (χ2n) is 4.21. The molecule has 3 heteroatoms. The number of aromatic nitrogens is 2. The van der Waals surface area contributed by atoms with Gasteiger partial charge in [-0.3, -0.25) is 4.68 Å². The first-order valence-corrected chi connectivity index (χ1v) is 5.36. The predicted molar refractivity (Wildman–Crippen MR) is 62.7 cm³/mol. The predicted octanol–water partition coefficient (Wildman–Crippen LogP) is 2.33. The zero-order valence-electron chi connectivity index (χ0n) is 9.22. The first-order chi connectivity index (χ1) is 7.18. The summed E-state index contributed by atoms with van der Waals surface area (Å²) < 4.78 is 2.05. The van der Waals surface area contributed by atoms with Crippen molar-refractivity contribution in [2.24, 2.45) is 5.73 Å². The van der Waals surface area contributed by atoms with Crippen LogP contribution in [-0.4, -0.2) is 15.8 Å². The molecule has 0 saturated heterocycles. The minimum absolute atomic E-state index is 0.211. The highest BCUT2D eigenvalue weighted by Crippen LogP contribution is 2.19.